The molecule has 5 rings (SSSR count). The normalized spacial score (nSPS) is 12.1. The molecule has 0 aliphatic rings. The molecule has 0 spiro atoms. The Morgan fingerprint density at radius 3 is 2.64 bits per heavy atom. The molecule has 2 heterocycles. The Morgan fingerprint density at radius 2 is 1.79 bits per heavy atom. The Labute approximate surface area is 168 Å². The van der Waals surface area contributed by atoms with Crippen LogP contribution in [0.15, 0.2) is 77.6 Å². The van der Waals surface area contributed by atoms with Crippen molar-refractivity contribution in [2.75, 3.05) is 0 Å². The first-order valence-corrected chi connectivity index (χ1v) is 9.82. The van der Waals surface area contributed by atoms with Crippen LogP contribution in [-0.2, 0) is 0 Å². The van der Waals surface area contributed by atoms with Gasteiger partial charge in [0.1, 0.15) is 11.5 Å². The quantitative estimate of drug-likeness (QED) is 0.429. The number of nitrogens with zero attached hydrogens (tertiary/aromatic N) is 2. The summed E-state index contributed by atoms with van der Waals surface area (Å²) in [5.74, 6) is 1.39. The number of para-hydroxylation sites is 2. The monoisotopic (exact) mass is 404 g/mol. The Kier molecular flexibility index (Phi) is 4.11. The van der Waals surface area contributed by atoms with Gasteiger partial charge >= 0.3 is 0 Å². The highest BCUT2D eigenvalue weighted by atomic mass is 35.5. The van der Waals surface area contributed by atoms with E-state index in [0.717, 1.165) is 16.6 Å². The minimum Gasteiger partial charge on any atom is -0.457 e. The van der Waals surface area contributed by atoms with Crippen molar-refractivity contribution in [3.05, 3.63) is 98.3 Å². The predicted molar refractivity (Wildman–Crippen MR) is 114 cm³/mol. The number of imidazole rings is 1. The maximum atomic E-state index is 12.9. The van der Waals surface area contributed by atoms with Crippen LogP contribution in [0.1, 0.15) is 5.56 Å². The van der Waals surface area contributed by atoms with Crippen molar-refractivity contribution in [2.24, 2.45) is 0 Å². The lowest BCUT2D eigenvalue weighted by molar-refractivity contribution is 0.482. The summed E-state index contributed by atoms with van der Waals surface area (Å²) in [5.41, 5.74) is 2.49. The minimum atomic E-state index is -0.0577. The van der Waals surface area contributed by atoms with Crippen molar-refractivity contribution >= 4 is 45.0 Å². The summed E-state index contributed by atoms with van der Waals surface area (Å²) in [7, 11) is 0. The van der Waals surface area contributed by atoms with Crippen LogP contribution in [0.3, 0.4) is 0 Å². The Morgan fingerprint density at radius 1 is 0.964 bits per heavy atom. The molecule has 0 aliphatic carbocycles. The van der Waals surface area contributed by atoms with Gasteiger partial charge in [0.15, 0.2) is 4.96 Å². The number of ether oxygens (including phenoxy) is 1. The molecule has 0 atom stereocenters. The fourth-order valence-corrected chi connectivity index (χ4v) is 4.18. The van der Waals surface area contributed by atoms with E-state index in [9.17, 15) is 4.79 Å². The van der Waals surface area contributed by atoms with Gasteiger partial charge in [-0.2, -0.15) is 0 Å². The van der Waals surface area contributed by atoms with Gasteiger partial charge in [0.05, 0.1) is 15.6 Å². The molecule has 3 aromatic carbocycles. The molecule has 0 saturated heterocycles. The van der Waals surface area contributed by atoms with Gasteiger partial charge in [0.2, 0.25) is 0 Å². The third-order valence-corrected chi connectivity index (χ3v) is 5.57. The molecule has 0 amide bonds. The lowest BCUT2D eigenvalue weighted by Gasteiger charge is -2.06. The third kappa shape index (κ3) is 3.05. The number of halogens is 1. The number of thiazole rings is 1. The molecule has 0 unspecified atom stereocenters. The van der Waals surface area contributed by atoms with Crippen LogP contribution in [0.4, 0.5) is 0 Å². The lowest BCUT2D eigenvalue weighted by atomic mass is 10.2. The number of benzene rings is 3. The van der Waals surface area contributed by atoms with Gasteiger partial charge in [-0.05, 0) is 60.2 Å². The number of rotatable bonds is 3. The van der Waals surface area contributed by atoms with Crippen molar-refractivity contribution in [2.45, 2.75) is 0 Å². The molecule has 0 saturated carbocycles. The average Bonchev–Trinajstić information content (AvgIpc) is 3.20. The maximum Gasteiger partial charge on any atom is 0.274 e. The predicted octanol–water partition coefficient (Wildman–Crippen LogP) is 4.90. The number of hydrogen-bond acceptors (Lipinski definition) is 4. The molecule has 2 aromatic heterocycles. The summed E-state index contributed by atoms with van der Waals surface area (Å²) < 4.78 is 8.18. The molecule has 0 aliphatic heterocycles. The second-order valence-electron chi connectivity index (χ2n) is 6.26. The number of aromatic nitrogens is 2. The summed E-state index contributed by atoms with van der Waals surface area (Å²) in [6.45, 7) is 0. The van der Waals surface area contributed by atoms with E-state index in [-0.39, 0.29) is 5.56 Å². The largest absolute Gasteiger partial charge is 0.457 e. The third-order valence-electron chi connectivity index (χ3n) is 4.35. The van der Waals surface area contributed by atoms with Crippen molar-refractivity contribution in [3.63, 3.8) is 0 Å². The first-order chi connectivity index (χ1) is 13.7. The van der Waals surface area contributed by atoms with Gasteiger partial charge in [-0.15, -0.1) is 0 Å². The molecule has 28 heavy (non-hydrogen) atoms. The van der Waals surface area contributed by atoms with E-state index < -0.39 is 0 Å². The van der Waals surface area contributed by atoms with Gasteiger partial charge in [0.25, 0.3) is 5.56 Å². The Balaban J connectivity index is 1.55. The summed E-state index contributed by atoms with van der Waals surface area (Å²) in [5, 5.41) is 0.660. The molecule has 136 valence electrons. The van der Waals surface area contributed by atoms with Crippen LogP contribution in [0, 0.1) is 0 Å². The molecule has 5 aromatic rings. The zero-order chi connectivity index (χ0) is 19.1. The highest BCUT2D eigenvalue weighted by molar-refractivity contribution is 7.15. The van der Waals surface area contributed by atoms with Crippen LogP contribution >= 0.6 is 22.9 Å². The van der Waals surface area contributed by atoms with Crippen LogP contribution in [0.25, 0.3) is 22.1 Å². The molecular weight excluding hydrogens is 392 g/mol. The van der Waals surface area contributed by atoms with Gasteiger partial charge in [-0.3, -0.25) is 4.79 Å². The van der Waals surface area contributed by atoms with Crippen LogP contribution in [0.2, 0.25) is 5.02 Å². The molecular formula is C22H13ClN2O2S. The van der Waals surface area contributed by atoms with Crippen molar-refractivity contribution in [1.82, 2.24) is 9.38 Å². The standard InChI is InChI=1S/C22H13ClN2O2S/c23-15-8-10-16(11-9-15)27-17-5-3-4-14(12-17)13-20-21(26)25-19-7-2-1-6-18(19)24-22(25)28-20/h1-13H/b20-13+. The molecule has 0 fully saturated rings. The average molecular weight is 405 g/mol. The molecule has 4 nitrogen and oxygen atoms in total. The SMILES string of the molecule is O=c1/c(=C\c2cccc(Oc3ccc(Cl)cc3)c2)sc2nc3ccccc3n12. The summed E-state index contributed by atoms with van der Waals surface area (Å²) in [6, 6.07) is 22.4. The van der Waals surface area contributed by atoms with Crippen molar-refractivity contribution < 1.29 is 4.74 Å². The van der Waals surface area contributed by atoms with Gasteiger partial charge in [-0.25, -0.2) is 9.38 Å². The smallest absolute Gasteiger partial charge is 0.274 e. The highest BCUT2D eigenvalue weighted by Crippen LogP contribution is 2.24. The Bertz CT molecular complexity index is 1420. The van der Waals surface area contributed by atoms with Gasteiger partial charge in [0, 0.05) is 5.02 Å². The van der Waals surface area contributed by atoms with Gasteiger partial charge in [-0.1, -0.05) is 47.2 Å². The van der Waals surface area contributed by atoms with Crippen LogP contribution in [0.5, 0.6) is 11.5 Å². The summed E-state index contributed by atoms with van der Waals surface area (Å²) >= 11 is 7.29. The van der Waals surface area contributed by atoms with Crippen LogP contribution in [-0.4, -0.2) is 9.38 Å². The first-order valence-electron chi connectivity index (χ1n) is 8.63. The second-order valence-corrected chi connectivity index (χ2v) is 7.71. The number of fused-ring (bicyclic) bond motifs is 3. The van der Waals surface area contributed by atoms with E-state index in [2.05, 4.69) is 4.98 Å². The highest BCUT2D eigenvalue weighted by Gasteiger charge is 2.10. The van der Waals surface area contributed by atoms with Crippen LogP contribution < -0.4 is 14.8 Å². The molecule has 0 bridgehead atoms. The fourth-order valence-electron chi connectivity index (χ4n) is 3.07. The van der Waals surface area contributed by atoms with E-state index in [1.165, 1.54) is 11.3 Å². The zero-order valence-corrected chi connectivity index (χ0v) is 16.1. The first kappa shape index (κ1) is 17.0. The molecule has 6 heteroatoms. The van der Waals surface area contributed by atoms with E-state index >= 15 is 0 Å². The molecule has 0 radical (unpaired) electrons. The van der Waals surface area contributed by atoms with E-state index in [4.69, 9.17) is 16.3 Å². The molecule has 0 N–H and O–H groups in total. The van der Waals surface area contributed by atoms with Gasteiger partial charge < -0.3 is 4.74 Å². The summed E-state index contributed by atoms with van der Waals surface area (Å²) in [4.78, 5) is 18.1. The Hall–Kier alpha value is -3.15. The number of hydrogen-bond donors (Lipinski definition) is 0. The fraction of sp³-hybridized carbons (Fsp3) is 0. The lowest BCUT2D eigenvalue weighted by Crippen LogP contribution is -2.22. The second kappa shape index (κ2) is 6.78. The van der Waals surface area contributed by atoms with E-state index in [1.807, 2.05) is 66.7 Å². The summed E-state index contributed by atoms with van der Waals surface area (Å²) in [6.07, 6.45) is 1.87. The zero-order valence-electron chi connectivity index (χ0n) is 14.5. The minimum absolute atomic E-state index is 0.0577. The topological polar surface area (TPSA) is 43.6 Å². The van der Waals surface area contributed by atoms with Crippen molar-refractivity contribution in [3.8, 4) is 11.5 Å². The van der Waals surface area contributed by atoms with E-state index in [0.29, 0.717) is 26.0 Å². The maximum absolute atomic E-state index is 12.9. The van der Waals surface area contributed by atoms with Crippen molar-refractivity contribution in [1.29, 1.82) is 0 Å². The van der Waals surface area contributed by atoms with E-state index in [1.54, 1.807) is 16.5 Å².